The highest BCUT2D eigenvalue weighted by atomic mass is 19.1. The molecule has 0 bridgehead atoms. The highest BCUT2D eigenvalue weighted by Crippen LogP contribution is 2.43. The van der Waals surface area contributed by atoms with Gasteiger partial charge in [0.05, 0.1) is 0 Å². The van der Waals surface area contributed by atoms with E-state index in [2.05, 4.69) is 19.2 Å². The van der Waals surface area contributed by atoms with Crippen molar-refractivity contribution in [3.05, 3.63) is 29.6 Å². The molecule has 2 rings (SSSR count). The zero-order valence-electron chi connectivity index (χ0n) is 11.4. The average Bonchev–Trinajstić information content (AvgIpc) is 2.38. The molecule has 1 aliphatic heterocycles. The van der Waals surface area contributed by atoms with E-state index in [1.165, 1.54) is 6.07 Å². The Morgan fingerprint density at radius 3 is 2.83 bits per heavy atom. The maximum atomic E-state index is 13.3. The van der Waals surface area contributed by atoms with Crippen molar-refractivity contribution in [1.29, 1.82) is 0 Å². The predicted octanol–water partition coefficient (Wildman–Crippen LogP) is 3.82. The summed E-state index contributed by atoms with van der Waals surface area (Å²) in [5.74, 6) is 0.634. The lowest BCUT2D eigenvalue weighted by atomic mass is 9.82. The maximum absolute atomic E-state index is 13.3. The molecule has 1 heterocycles. The third kappa shape index (κ3) is 2.37. The van der Waals surface area contributed by atoms with E-state index in [4.69, 9.17) is 4.74 Å². The minimum Gasteiger partial charge on any atom is -0.487 e. The van der Waals surface area contributed by atoms with E-state index in [1.54, 1.807) is 12.1 Å². The van der Waals surface area contributed by atoms with Gasteiger partial charge in [0.1, 0.15) is 17.2 Å². The fourth-order valence-corrected chi connectivity index (χ4v) is 2.90. The molecule has 0 spiro atoms. The molecule has 0 aromatic heterocycles. The quantitative estimate of drug-likeness (QED) is 0.878. The summed E-state index contributed by atoms with van der Waals surface area (Å²) < 4.78 is 19.5. The molecule has 0 fully saturated rings. The first-order chi connectivity index (χ1) is 8.64. The lowest BCUT2D eigenvalue weighted by molar-refractivity contribution is 0.0186. The Hall–Kier alpha value is -1.09. The topological polar surface area (TPSA) is 21.3 Å². The molecule has 1 aromatic rings. The van der Waals surface area contributed by atoms with E-state index in [0.717, 1.165) is 37.0 Å². The molecular formula is C15H22FNO. The summed E-state index contributed by atoms with van der Waals surface area (Å²) in [6.45, 7) is 4.34. The Labute approximate surface area is 109 Å². The summed E-state index contributed by atoms with van der Waals surface area (Å²) in [5, 5.41) is 3.29. The van der Waals surface area contributed by atoms with Crippen LogP contribution in [-0.4, -0.2) is 12.6 Å². The molecule has 100 valence electrons. The molecule has 0 amide bonds. The van der Waals surface area contributed by atoms with E-state index in [9.17, 15) is 4.39 Å². The maximum Gasteiger partial charge on any atom is 0.125 e. The third-order valence-electron chi connectivity index (χ3n) is 3.95. The minimum atomic E-state index is -0.197. The van der Waals surface area contributed by atoms with Gasteiger partial charge in [0.15, 0.2) is 0 Å². The van der Waals surface area contributed by atoms with Crippen LogP contribution in [0.15, 0.2) is 18.2 Å². The molecule has 1 aliphatic rings. The van der Waals surface area contributed by atoms with Crippen molar-refractivity contribution in [2.75, 3.05) is 7.05 Å². The average molecular weight is 251 g/mol. The zero-order chi connectivity index (χ0) is 13.2. The van der Waals surface area contributed by atoms with Gasteiger partial charge in [-0.25, -0.2) is 4.39 Å². The van der Waals surface area contributed by atoms with Crippen molar-refractivity contribution in [1.82, 2.24) is 5.32 Å². The Kier molecular flexibility index (Phi) is 3.91. The summed E-state index contributed by atoms with van der Waals surface area (Å²) in [6.07, 6.45) is 4.03. The molecular weight excluding hydrogens is 229 g/mol. The van der Waals surface area contributed by atoms with Gasteiger partial charge in [-0.2, -0.15) is 0 Å². The monoisotopic (exact) mass is 251 g/mol. The van der Waals surface area contributed by atoms with Crippen LogP contribution in [0.1, 0.15) is 51.1 Å². The number of benzene rings is 1. The van der Waals surface area contributed by atoms with Crippen LogP contribution in [0.25, 0.3) is 0 Å². The fourth-order valence-electron chi connectivity index (χ4n) is 2.90. The van der Waals surface area contributed by atoms with Gasteiger partial charge < -0.3 is 10.1 Å². The first-order valence-electron chi connectivity index (χ1n) is 6.80. The number of hydrogen-bond donors (Lipinski definition) is 1. The van der Waals surface area contributed by atoms with Crippen molar-refractivity contribution in [2.45, 2.75) is 51.2 Å². The number of halogens is 1. The molecule has 3 heteroatoms. The number of hydrogen-bond acceptors (Lipinski definition) is 2. The normalized spacial score (nSPS) is 26.6. The molecule has 1 N–H and O–H groups in total. The fraction of sp³-hybridized carbons (Fsp3) is 0.600. The van der Waals surface area contributed by atoms with Gasteiger partial charge in [-0.05, 0) is 38.1 Å². The van der Waals surface area contributed by atoms with Crippen LogP contribution in [0.4, 0.5) is 4.39 Å². The van der Waals surface area contributed by atoms with E-state index >= 15 is 0 Å². The van der Waals surface area contributed by atoms with E-state index in [0.29, 0.717) is 0 Å². The van der Waals surface area contributed by atoms with Crippen molar-refractivity contribution >= 4 is 0 Å². The van der Waals surface area contributed by atoms with Crippen molar-refractivity contribution in [2.24, 2.45) is 0 Å². The molecule has 2 unspecified atom stereocenters. The van der Waals surface area contributed by atoms with Crippen LogP contribution in [0.5, 0.6) is 5.75 Å². The lowest BCUT2D eigenvalue weighted by Crippen LogP contribution is -2.43. The van der Waals surface area contributed by atoms with E-state index in [1.807, 2.05) is 7.05 Å². The Morgan fingerprint density at radius 2 is 2.22 bits per heavy atom. The first kappa shape index (κ1) is 13.3. The van der Waals surface area contributed by atoms with Crippen LogP contribution in [0.2, 0.25) is 0 Å². The summed E-state index contributed by atoms with van der Waals surface area (Å²) >= 11 is 0. The molecule has 2 atom stereocenters. The van der Waals surface area contributed by atoms with Gasteiger partial charge in [0.2, 0.25) is 0 Å². The van der Waals surface area contributed by atoms with Crippen molar-refractivity contribution in [3.8, 4) is 5.75 Å². The first-order valence-corrected chi connectivity index (χ1v) is 6.80. The van der Waals surface area contributed by atoms with Gasteiger partial charge in [0.25, 0.3) is 0 Å². The Bertz CT molecular complexity index is 421. The van der Waals surface area contributed by atoms with Gasteiger partial charge in [-0.15, -0.1) is 0 Å². The molecule has 0 saturated heterocycles. The second-order valence-corrected chi connectivity index (χ2v) is 5.12. The zero-order valence-corrected chi connectivity index (χ0v) is 11.4. The smallest absolute Gasteiger partial charge is 0.125 e. The van der Waals surface area contributed by atoms with Crippen molar-refractivity contribution < 1.29 is 9.13 Å². The molecule has 0 radical (unpaired) electrons. The highest BCUT2D eigenvalue weighted by Gasteiger charge is 2.38. The van der Waals surface area contributed by atoms with Crippen molar-refractivity contribution in [3.63, 3.8) is 0 Å². The number of ether oxygens (including phenoxy) is 1. The van der Waals surface area contributed by atoms with Gasteiger partial charge in [-0.3, -0.25) is 0 Å². The molecule has 2 nitrogen and oxygen atoms in total. The summed E-state index contributed by atoms with van der Waals surface area (Å²) in [4.78, 5) is 0. The second-order valence-electron chi connectivity index (χ2n) is 5.12. The van der Waals surface area contributed by atoms with Gasteiger partial charge >= 0.3 is 0 Å². The highest BCUT2D eigenvalue weighted by molar-refractivity contribution is 5.39. The molecule has 0 aliphatic carbocycles. The SMILES string of the molecule is CCCC1(CC)CC(NC)c2cc(F)ccc2O1. The Morgan fingerprint density at radius 1 is 1.44 bits per heavy atom. The molecule has 0 saturated carbocycles. The second kappa shape index (κ2) is 5.27. The summed E-state index contributed by atoms with van der Waals surface area (Å²) in [7, 11) is 1.93. The van der Waals surface area contributed by atoms with Crippen LogP contribution in [0.3, 0.4) is 0 Å². The lowest BCUT2D eigenvalue weighted by Gasteiger charge is -2.42. The number of rotatable bonds is 4. The standard InChI is InChI=1S/C15H22FNO/c1-4-8-15(5-2)10-13(17-3)12-9-11(16)6-7-14(12)18-15/h6-7,9,13,17H,4-5,8,10H2,1-3H3. The molecule has 1 aromatic carbocycles. The number of nitrogens with one attached hydrogen (secondary N) is 1. The van der Waals surface area contributed by atoms with E-state index in [-0.39, 0.29) is 17.5 Å². The summed E-state index contributed by atoms with van der Waals surface area (Å²) in [5.41, 5.74) is 0.838. The van der Waals surface area contributed by atoms with Crippen LogP contribution in [-0.2, 0) is 0 Å². The van der Waals surface area contributed by atoms with Crippen LogP contribution >= 0.6 is 0 Å². The van der Waals surface area contributed by atoms with Gasteiger partial charge in [0, 0.05) is 18.0 Å². The predicted molar refractivity (Wildman–Crippen MR) is 71.4 cm³/mol. The largest absolute Gasteiger partial charge is 0.487 e. The third-order valence-corrected chi connectivity index (χ3v) is 3.95. The van der Waals surface area contributed by atoms with Crippen LogP contribution in [0, 0.1) is 5.82 Å². The Balaban J connectivity index is 2.38. The van der Waals surface area contributed by atoms with E-state index < -0.39 is 0 Å². The minimum absolute atomic E-state index is 0.104. The molecule has 18 heavy (non-hydrogen) atoms. The number of fused-ring (bicyclic) bond motifs is 1. The van der Waals surface area contributed by atoms with Crippen LogP contribution < -0.4 is 10.1 Å². The van der Waals surface area contributed by atoms with Gasteiger partial charge in [-0.1, -0.05) is 20.3 Å². The summed E-state index contributed by atoms with van der Waals surface area (Å²) in [6, 6.07) is 5.00.